The molecule has 4 nitrogen and oxygen atoms in total. The molecule has 2 aromatic heterocycles. The molecule has 1 radical (unpaired) electrons. The van der Waals surface area contributed by atoms with Gasteiger partial charge < -0.3 is 19.3 Å². The van der Waals surface area contributed by atoms with Crippen molar-refractivity contribution in [1.29, 1.82) is 0 Å². The van der Waals surface area contributed by atoms with Crippen LogP contribution in [0.3, 0.4) is 0 Å². The van der Waals surface area contributed by atoms with Crippen LogP contribution in [-0.4, -0.2) is 28.3 Å². The van der Waals surface area contributed by atoms with Crippen LogP contribution in [0, 0.1) is 12.1 Å². The van der Waals surface area contributed by atoms with E-state index in [2.05, 4.69) is 22.1 Å². The summed E-state index contributed by atoms with van der Waals surface area (Å²) in [4.78, 5) is 8.72. The molecule has 1 fully saturated rings. The Morgan fingerprint density at radius 3 is 1.68 bits per heavy atom. The summed E-state index contributed by atoms with van der Waals surface area (Å²) < 4.78 is 12.1. The van der Waals surface area contributed by atoms with Crippen LogP contribution in [0.25, 0.3) is 22.5 Å². The van der Waals surface area contributed by atoms with Crippen LogP contribution in [0.15, 0.2) is 91.3 Å². The first-order chi connectivity index (χ1) is 15.9. The van der Waals surface area contributed by atoms with Crippen molar-refractivity contribution in [3.63, 3.8) is 0 Å². The number of pyridine rings is 2. The second-order valence-electron chi connectivity index (χ2n) is 8.83. The van der Waals surface area contributed by atoms with Gasteiger partial charge in [0.25, 0.3) is 0 Å². The molecule has 34 heavy (non-hydrogen) atoms. The van der Waals surface area contributed by atoms with Crippen LogP contribution >= 0.6 is 0 Å². The van der Waals surface area contributed by atoms with Crippen molar-refractivity contribution in [2.45, 2.75) is 38.9 Å². The summed E-state index contributed by atoms with van der Waals surface area (Å²) in [7, 11) is -0.365. The van der Waals surface area contributed by atoms with Crippen molar-refractivity contribution in [3.05, 3.63) is 103 Å². The smallest absolute Gasteiger partial charge is 0.399 e. The Morgan fingerprint density at radius 2 is 1.24 bits per heavy atom. The third-order valence-electron chi connectivity index (χ3n) is 5.95. The van der Waals surface area contributed by atoms with Gasteiger partial charge in [-0.25, -0.2) is 0 Å². The molecular formula is C28H27BIrN2O2-2. The summed E-state index contributed by atoms with van der Waals surface area (Å²) in [6, 6.07) is 31.8. The zero-order chi connectivity index (χ0) is 23.3. The first-order valence-electron chi connectivity index (χ1n) is 11.0. The Hall–Kier alpha value is -2.63. The van der Waals surface area contributed by atoms with Crippen LogP contribution in [0.1, 0.15) is 27.7 Å². The van der Waals surface area contributed by atoms with Gasteiger partial charge in [-0.1, -0.05) is 24.3 Å². The van der Waals surface area contributed by atoms with Crippen molar-refractivity contribution in [1.82, 2.24) is 9.97 Å². The predicted molar refractivity (Wildman–Crippen MR) is 133 cm³/mol. The molecule has 5 rings (SSSR count). The largest absolute Gasteiger partial charge is 0.496 e. The average molecular weight is 627 g/mol. The normalized spacial score (nSPS) is 15.6. The fraction of sp³-hybridized carbons (Fsp3) is 0.214. The molecule has 1 aliphatic heterocycles. The molecule has 3 heterocycles. The van der Waals surface area contributed by atoms with Gasteiger partial charge in [0, 0.05) is 32.5 Å². The van der Waals surface area contributed by atoms with Crippen LogP contribution in [0.2, 0.25) is 0 Å². The maximum atomic E-state index is 6.03. The maximum absolute atomic E-state index is 6.03. The van der Waals surface area contributed by atoms with E-state index in [0.29, 0.717) is 0 Å². The molecule has 0 amide bonds. The van der Waals surface area contributed by atoms with E-state index in [4.69, 9.17) is 9.31 Å². The van der Waals surface area contributed by atoms with E-state index in [1.807, 2.05) is 113 Å². The molecule has 0 aliphatic carbocycles. The molecule has 175 valence electrons. The Bertz CT molecular complexity index is 1100. The van der Waals surface area contributed by atoms with Crippen LogP contribution in [-0.2, 0) is 29.4 Å². The fourth-order valence-corrected chi connectivity index (χ4v) is 3.31. The van der Waals surface area contributed by atoms with Crippen molar-refractivity contribution in [2.75, 3.05) is 0 Å². The third kappa shape index (κ3) is 6.08. The molecular weight excluding hydrogens is 599 g/mol. The van der Waals surface area contributed by atoms with E-state index in [1.165, 1.54) is 0 Å². The molecule has 0 saturated carbocycles. The summed E-state index contributed by atoms with van der Waals surface area (Å²) in [5.41, 5.74) is 4.17. The first-order valence-corrected chi connectivity index (χ1v) is 11.0. The third-order valence-corrected chi connectivity index (χ3v) is 5.95. The SMILES string of the molecule is CC1(C)OB(c2ccc(-c3[c-]cccc3)nc2)OC1(C)C.[Ir].[c-]1ccccc1-c1ccccn1. The van der Waals surface area contributed by atoms with Gasteiger partial charge in [-0.3, -0.25) is 0 Å². The topological polar surface area (TPSA) is 44.2 Å². The van der Waals surface area contributed by atoms with Gasteiger partial charge >= 0.3 is 7.12 Å². The van der Waals surface area contributed by atoms with E-state index in [0.717, 1.165) is 28.0 Å². The number of nitrogens with zero attached hydrogens (tertiary/aromatic N) is 2. The molecule has 0 spiro atoms. The van der Waals surface area contributed by atoms with E-state index < -0.39 is 0 Å². The maximum Gasteiger partial charge on any atom is 0.496 e. The summed E-state index contributed by atoms with van der Waals surface area (Å²) in [6.07, 6.45) is 3.61. The van der Waals surface area contributed by atoms with Crippen LogP contribution in [0.4, 0.5) is 0 Å². The quantitative estimate of drug-likeness (QED) is 0.226. The Kier molecular flexibility index (Phi) is 8.56. The molecule has 0 N–H and O–H groups in total. The van der Waals surface area contributed by atoms with Gasteiger partial charge in [0.2, 0.25) is 0 Å². The molecule has 2 aromatic carbocycles. The summed E-state index contributed by atoms with van der Waals surface area (Å²) in [6.45, 7) is 8.20. The van der Waals surface area contributed by atoms with Gasteiger partial charge in [-0.05, 0) is 50.6 Å². The van der Waals surface area contributed by atoms with Crippen molar-refractivity contribution >= 4 is 12.6 Å². The minimum atomic E-state index is -0.365. The van der Waals surface area contributed by atoms with Gasteiger partial charge in [0.15, 0.2) is 0 Å². The first kappa shape index (κ1) is 26.0. The fourth-order valence-electron chi connectivity index (χ4n) is 3.31. The average Bonchev–Trinajstić information content (AvgIpc) is 3.08. The minimum Gasteiger partial charge on any atom is -0.399 e. The van der Waals surface area contributed by atoms with Crippen molar-refractivity contribution < 1.29 is 29.4 Å². The van der Waals surface area contributed by atoms with Gasteiger partial charge in [-0.15, -0.1) is 71.8 Å². The van der Waals surface area contributed by atoms with E-state index in [1.54, 1.807) is 6.20 Å². The van der Waals surface area contributed by atoms with Gasteiger partial charge in [-0.2, -0.15) is 0 Å². The zero-order valence-corrected chi connectivity index (χ0v) is 22.2. The Morgan fingerprint density at radius 1 is 0.676 bits per heavy atom. The molecule has 1 saturated heterocycles. The molecule has 6 heteroatoms. The molecule has 4 aromatic rings. The summed E-state index contributed by atoms with van der Waals surface area (Å²) in [5.74, 6) is 0. The summed E-state index contributed by atoms with van der Waals surface area (Å²) >= 11 is 0. The number of hydrogen-bond acceptors (Lipinski definition) is 4. The number of rotatable bonds is 3. The molecule has 0 unspecified atom stereocenters. The molecule has 1 aliphatic rings. The van der Waals surface area contributed by atoms with E-state index in [9.17, 15) is 0 Å². The van der Waals surface area contributed by atoms with Crippen LogP contribution in [0.5, 0.6) is 0 Å². The van der Waals surface area contributed by atoms with E-state index >= 15 is 0 Å². The summed E-state index contributed by atoms with van der Waals surface area (Å²) in [5, 5.41) is 0. The van der Waals surface area contributed by atoms with E-state index in [-0.39, 0.29) is 38.4 Å². The Balaban J connectivity index is 0.000000212. The van der Waals surface area contributed by atoms with Crippen molar-refractivity contribution in [2.24, 2.45) is 0 Å². The number of benzene rings is 2. The standard InChI is InChI=1S/C17H19BNO2.C11H8N.Ir/c1-16(2)17(3,4)21-18(20-16)14-10-11-15(19-12-14)13-8-6-5-7-9-13;1-2-6-10(7-3-1)11-8-4-5-9-12-11;/h5-8,10-12H,1-4H3;1-6,8-9H;/q2*-1;. The Labute approximate surface area is 216 Å². The van der Waals surface area contributed by atoms with Crippen LogP contribution < -0.4 is 5.46 Å². The zero-order valence-electron chi connectivity index (χ0n) is 19.8. The monoisotopic (exact) mass is 627 g/mol. The van der Waals surface area contributed by atoms with Gasteiger partial charge in [0.05, 0.1) is 11.2 Å². The van der Waals surface area contributed by atoms with Gasteiger partial charge in [0.1, 0.15) is 0 Å². The number of aromatic nitrogens is 2. The number of hydrogen-bond donors (Lipinski definition) is 0. The molecule has 0 atom stereocenters. The second-order valence-corrected chi connectivity index (χ2v) is 8.83. The molecule has 0 bridgehead atoms. The second kappa shape index (κ2) is 11.2. The van der Waals surface area contributed by atoms with Crippen molar-refractivity contribution in [3.8, 4) is 22.5 Å². The predicted octanol–water partition coefficient (Wildman–Crippen LogP) is 5.39. The minimum absolute atomic E-state index is 0.